The maximum atomic E-state index is 14.9. The fourth-order valence-electron chi connectivity index (χ4n) is 3.89. The molecule has 0 aliphatic heterocycles. The molecule has 0 bridgehead atoms. The molecule has 0 saturated heterocycles. The molecule has 6 nitrogen and oxygen atoms in total. The zero-order valence-corrected chi connectivity index (χ0v) is 16.6. The topological polar surface area (TPSA) is 68.5 Å². The molecule has 0 unspecified atom stereocenters. The van der Waals surface area contributed by atoms with Crippen LogP contribution in [-0.4, -0.2) is 27.3 Å². The predicted octanol–water partition coefficient (Wildman–Crippen LogP) is 4.72. The number of hydrogen-bond donors (Lipinski definition) is 1. The number of ether oxygens (including phenoxy) is 1. The van der Waals surface area contributed by atoms with Crippen molar-refractivity contribution in [1.82, 2.24) is 14.4 Å². The summed E-state index contributed by atoms with van der Waals surface area (Å²) in [7, 11) is 1.50. The Bertz CT molecular complexity index is 1310. The van der Waals surface area contributed by atoms with Crippen molar-refractivity contribution in [2.45, 2.75) is 19.8 Å². The number of carbonyl (C=O) groups is 1. The summed E-state index contributed by atoms with van der Waals surface area (Å²) in [5.74, 6) is 0.819. The number of nitrogens with one attached hydrogen (secondary N) is 1. The first-order chi connectivity index (χ1) is 14.5. The maximum absolute atomic E-state index is 14.9. The molecule has 0 radical (unpaired) electrons. The second-order valence-electron chi connectivity index (χ2n) is 7.28. The van der Waals surface area contributed by atoms with Crippen LogP contribution in [0.5, 0.6) is 5.75 Å². The van der Waals surface area contributed by atoms with Crippen LogP contribution in [0.3, 0.4) is 0 Å². The highest BCUT2D eigenvalue weighted by Crippen LogP contribution is 2.35. The summed E-state index contributed by atoms with van der Waals surface area (Å²) in [5.41, 5.74) is 4.83. The maximum Gasteiger partial charge on any atom is 0.163 e. The van der Waals surface area contributed by atoms with Crippen LogP contribution in [0.4, 0.5) is 15.9 Å². The Hall–Kier alpha value is -3.74. The van der Waals surface area contributed by atoms with E-state index in [1.54, 1.807) is 24.5 Å². The third-order valence-corrected chi connectivity index (χ3v) is 5.44. The van der Waals surface area contributed by atoms with Crippen LogP contribution >= 0.6 is 0 Å². The van der Waals surface area contributed by atoms with E-state index in [1.165, 1.54) is 13.2 Å². The molecule has 1 aliphatic rings. The van der Waals surface area contributed by atoms with Crippen molar-refractivity contribution in [2.75, 3.05) is 12.4 Å². The van der Waals surface area contributed by atoms with Crippen LogP contribution in [0.15, 0.2) is 48.8 Å². The Labute approximate surface area is 172 Å². The standard InChI is InChI=1S/C23H19FN4O2/c1-13-22-27-21(18-7-5-16(30-2)12-19(18)24)23(28(22)10-9-25-13)26-15-4-6-17-14(11-15)3-8-20(17)29/h4-7,9-12,26H,3,8H2,1-2H3. The molecule has 2 aromatic carbocycles. The molecule has 30 heavy (non-hydrogen) atoms. The molecule has 7 heteroatoms. The van der Waals surface area contributed by atoms with Crippen molar-refractivity contribution < 1.29 is 13.9 Å². The van der Waals surface area contributed by atoms with Crippen molar-refractivity contribution in [3.8, 4) is 17.0 Å². The first-order valence-corrected chi connectivity index (χ1v) is 9.66. The van der Waals surface area contributed by atoms with Gasteiger partial charge in [0.05, 0.1) is 12.8 Å². The highest BCUT2D eigenvalue weighted by Gasteiger charge is 2.22. The Morgan fingerprint density at radius 3 is 2.77 bits per heavy atom. The average Bonchev–Trinajstić information content (AvgIpc) is 3.30. The van der Waals surface area contributed by atoms with Gasteiger partial charge in [0.2, 0.25) is 0 Å². The molecular weight excluding hydrogens is 383 g/mol. The van der Waals surface area contributed by atoms with Gasteiger partial charge in [0, 0.05) is 41.7 Å². The first-order valence-electron chi connectivity index (χ1n) is 9.66. The lowest BCUT2D eigenvalue weighted by molar-refractivity contribution is 0.0994. The Kier molecular flexibility index (Phi) is 4.24. The summed E-state index contributed by atoms with van der Waals surface area (Å²) in [6.45, 7) is 1.86. The molecule has 0 atom stereocenters. The molecule has 150 valence electrons. The summed E-state index contributed by atoms with van der Waals surface area (Å²) < 4.78 is 21.9. The minimum Gasteiger partial charge on any atom is -0.497 e. The molecule has 0 spiro atoms. The lowest BCUT2D eigenvalue weighted by Gasteiger charge is -2.11. The number of anilines is 2. The summed E-state index contributed by atoms with van der Waals surface area (Å²) in [6.07, 6.45) is 4.76. The van der Waals surface area contributed by atoms with Crippen LogP contribution in [0.2, 0.25) is 0 Å². The molecule has 0 fully saturated rings. The number of benzene rings is 2. The highest BCUT2D eigenvalue weighted by molar-refractivity contribution is 6.01. The average molecular weight is 402 g/mol. The van der Waals surface area contributed by atoms with Gasteiger partial charge in [-0.15, -0.1) is 0 Å². The van der Waals surface area contributed by atoms with Crippen LogP contribution < -0.4 is 10.1 Å². The molecule has 0 amide bonds. The quantitative estimate of drug-likeness (QED) is 0.535. The molecule has 4 aromatic rings. The van der Waals surface area contributed by atoms with Crippen molar-refractivity contribution in [3.05, 3.63) is 71.4 Å². The van der Waals surface area contributed by atoms with Crippen LogP contribution in [-0.2, 0) is 6.42 Å². The van der Waals surface area contributed by atoms with E-state index in [-0.39, 0.29) is 5.78 Å². The van der Waals surface area contributed by atoms with Crippen molar-refractivity contribution in [3.63, 3.8) is 0 Å². The van der Waals surface area contributed by atoms with E-state index in [0.717, 1.165) is 28.9 Å². The van der Waals surface area contributed by atoms with Gasteiger partial charge in [0.15, 0.2) is 11.4 Å². The Balaban J connectivity index is 1.66. The minimum atomic E-state index is -0.425. The summed E-state index contributed by atoms with van der Waals surface area (Å²) in [6, 6.07) is 10.4. The van der Waals surface area contributed by atoms with Gasteiger partial charge in [-0.3, -0.25) is 14.2 Å². The number of methoxy groups -OCH3 is 1. The smallest absolute Gasteiger partial charge is 0.163 e. The molecule has 1 N–H and O–H groups in total. The molecule has 1 aliphatic carbocycles. The predicted molar refractivity (Wildman–Crippen MR) is 112 cm³/mol. The third kappa shape index (κ3) is 2.90. The monoisotopic (exact) mass is 402 g/mol. The van der Waals surface area contributed by atoms with Gasteiger partial charge in [0.1, 0.15) is 23.1 Å². The van der Waals surface area contributed by atoms with Gasteiger partial charge in [0.25, 0.3) is 0 Å². The molecule has 5 rings (SSSR count). The van der Waals surface area contributed by atoms with Crippen LogP contribution in [0.1, 0.15) is 28.0 Å². The number of fused-ring (bicyclic) bond motifs is 2. The molecule has 0 saturated carbocycles. The number of rotatable bonds is 4. The Morgan fingerprint density at radius 1 is 1.13 bits per heavy atom. The van der Waals surface area contributed by atoms with Crippen molar-refractivity contribution >= 4 is 22.9 Å². The second kappa shape index (κ2) is 6.95. The van der Waals surface area contributed by atoms with Gasteiger partial charge in [-0.2, -0.15) is 0 Å². The van der Waals surface area contributed by atoms with Gasteiger partial charge in [-0.05, 0) is 49.2 Å². The number of halogens is 1. The van der Waals surface area contributed by atoms with E-state index in [2.05, 4.69) is 15.3 Å². The SMILES string of the molecule is COc1ccc(-c2nc3c(C)nccn3c2Nc2ccc3c(c2)CCC3=O)c(F)c1. The van der Waals surface area contributed by atoms with Crippen LogP contribution in [0, 0.1) is 12.7 Å². The molecule has 2 heterocycles. The lowest BCUT2D eigenvalue weighted by atomic mass is 10.1. The second-order valence-corrected chi connectivity index (χ2v) is 7.28. The highest BCUT2D eigenvalue weighted by atomic mass is 19.1. The van der Waals surface area contributed by atoms with Gasteiger partial charge >= 0.3 is 0 Å². The number of aromatic nitrogens is 3. The number of carbonyl (C=O) groups excluding carboxylic acids is 1. The molecule has 2 aromatic heterocycles. The van der Waals surface area contributed by atoms with Gasteiger partial charge in [-0.1, -0.05) is 0 Å². The number of aryl methyl sites for hydroxylation is 2. The normalized spacial score (nSPS) is 13.0. The van der Waals surface area contributed by atoms with E-state index in [1.807, 2.05) is 29.5 Å². The third-order valence-electron chi connectivity index (χ3n) is 5.44. The number of hydrogen-bond acceptors (Lipinski definition) is 5. The van der Waals surface area contributed by atoms with Gasteiger partial charge < -0.3 is 10.1 Å². The number of Topliss-reactive ketones (excluding diaryl/α,β-unsaturated/α-hetero) is 1. The van der Waals surface area contributed by atoms with Crippen LogP contribution in [0.25, 0.3) is 16.9 Å². The van der Waals surface area contributed by atoms with Gasteiger partial charge in [-0.25, -0.2) is 9.37 Å². The zero-order valence-electron chi connectivity index (χ0n) is 16.6. The lowest BCUT2D eigenvalue weighted by Crippen LogP contribution is -2.00. The fraction of sp³-hybridized carbons (Fsp3) is 0.174. The Morgan fingerprint density at radius 2 is 1.97 bits per heavy atom. The molecular formula is C23H19FN4O2. The van der Waals surface area contributed by atoms with E-state index >= 15 is 0 Å². The first kappa shape index (κ1) is 18.3. The summed E-state index contributed by atoms with van der Waals surface area (Å²) in [4.78, 5) is 20.9. The number of ketones is 1. The summed E-state index contributed by atoms with van der Waals surface area (Å²) >= 11 is 0. The number of imidazole rings is 1. The van der Waals surface area contributed by atoms with Crippen molar-refractivity contribution in [2.24, 2.45) is 0 Å². The summed E-state index contributed by atoms with van der Waals surface area (Å²) in [5, 5.41) is 3.39. The minimum absolute atomic E-state index is 0.175. The van der Waals surface area contributed by atoms with E-state index < -0.39 is 5.82 Å². The zero-order chi connectivity index (χ0) is 20.8. The van der Waals surface area contributed by atoms with E-state index in [4.69, 9.17) is 4.74 Å². The van der Waals surface area contributed by atoms with E-state index in [0.29, 0.717) is 34.9 Å². The largest absolute Gasteiger partial charge is 0.497 e. The fourth-order valence-corrected chi connectivity index (χ4v) is 3.89. The van der Waals surface area contributed by atoms with Crippen molar-refractivity contribution in [1.29, 1.82) is 0 Å². The van der Waals surface area contributed by atoms with E-state index in [9.17, 15) is 9.18 Å². The number of nitrogens with zero attached hydrogens (tertiary/aromatic N) is 3.